The van der Waals surface area contributed by atoms with Crippen molar-refractivity contribution in [3.05, 3.63) is 36.3 Å². The van der Waals surface area contributed by atoms with Gasteiger partial charge in [0.1, 0.15) is 10.8 Å². The van der Waals surface area contributed by atoms with Gasteiger partial charge in [0.15, 0.2) is 5.82 Å². The first-order chi connectivity index (χ1) is 9.72. The predicted octanol–water partition coefficient (Wildman–Crippen LogP) is 3.60. The van der Waals surface area contributed by atoms with E-state index in [1.165, 1.54) is 18.0 Å². The average molecular weight is 293 g/mol. The summed E-state index contributed by atoms with van der Waals surface area (Å²) in [5.74, 6) is 0.743. The number of anilines is 1. The van der Waals surface area contributed by atoms with Crippen LogP contribution in [0.2, 0.25) is 0 Å². The Morgan fingerprint density at radius 1 is 1.40 bits per heavy atom. The molecule has 1 aromatic heterocycles. The highest BCUT2D eigenvalue weighted by Gasteiger charge is 2.09. The number of benzene rings is 1. The number of hydrogen-bond acceptors (Lipinski definition) is 5. The number of nitrogens with one attached hydrogen (secondary N) is 1. The number of ether oxygens (including phenoxy) is 1. The van der Waals surface area contributed by atoms with Crippen molar-refractivity contribution in [3.8, 4) is 5.75 Å². The van der Waals surface area contributed by atoms with Crippen LogP contribution in [-0.2, 0) is 0 Å². The van der Waals surface area contributed by atoms with Gasteiger partial charge in [0, 0.05) is 11.4 Å². The molecule has 6 heteroatoms. The Kier molecular flexibility index (Phi) is 5.17. The largest absolute Gasteiger partial charge is 0.497 e. The molecule has 0 fully saturated rings. The lowest BCUT2D eigenvalue weighted by Gasteiger charge is -2.07. The Bertz CT molecular complexity index is 580. The number of nitrogens with zero attached hydrogens (tertiary/aromatic N) is 2. The summed E-state index contributed by atoms with van der Waals surface area (Å²) in [7, 11) is 1.60. The number of methoxy groups -OCH3 is 1. The van der Waals surface area contributed by atoms with Gasteiger partial charge in [0.05, 0.1) is 13.3 Å². The first-order valence-corrected chi connectivity index (χ1v) is 7.13. The molecular weight excluding hydrogens is 277 g/mol. The second-order valence-electron chi connectivity index (χ2n) is 4.05. The molecule has 0 aliphatic carbocycles. The topological polar surface area (TPSA) is 47.0 Å². The summed E-state index contributed by atoms with van der Waals surface area (Å²) < 4.78 is 18.9. The Balaban J connectivity index is 2.18. The molecule has 0 unspecified atom stereocenters. The molecule has 0 spiro atoms. The highest BCUT2D eigenvalue weighted by molar-refractivity contribution is 7.99. The highest BCUT2D eigenvalue weighted by Crippen LogP contribution is 2.30. The van der Waals surface area contributed by atoms with Gasteiger partial charge in [0.25, 0.3) is 0 Å². The minimum Gasteiger partial charge on any atom is -0.497 e. The monoisotopic (exact) mass is 293 g/mol. The third kappa shape index (κ3) is 3.84. The fourth-order valence-corrected chi connectivity index (χ4v) is 2.35. The lowest BCUT2D eigenvalue weighted by Crippen LogP contribution is -2.05. The van der Waals surface area contributed by atoms with E-state index in [-0.39, 0.29) is 0 Å². The van der Waals surface area contributed by atoms with Crippen LogP contribution in [0.15, 0.2) is 40.4 Å². The molecule has 0 atom stereocenters. The molecule has 1 N–H and O–H groups in total. The summed E-state index contributed by atoms with van der Waals surface area (Å²) in [6.45, 7) is 2.80. The molecule has 0 amide bonds. The standard InChI is InChI=1S/C14H16FN3OS/c1-3-7-16-14-17-9-12(15)13(18-14)20-11-6-4-5-10(8-11)19-2/h4-6,8-9H,3,7H2,1-2H3,(H,16,17,18). The third-order valence-corrected chi connectivity index (χ3v) is 3.47. The minimum absolute atomic E-state index is 0.298. The first-order valence-electron chi connectivity index (χ1n) is 6.31. The predicted molar refractivity (Wildman–Crippen MR) is 77.9 cm³/mol. The quantitative estimate of drug-likeness (QED) is 0.825. The molecule has 1 aromatic carbocycles. The van der Waals surface area contributed by atoms with E-state index >= 15 is 0 Å². The van der Waals surface area contributed by atoms with E-state index in [4.69, 9.17) is 4.74 Å². The van der Waals surface area contributed by atoms with E-state index in [1.54, 1.807) is 7.11 Å². The van der Waals surface area contributed by atoms with Gasteiger partial charge >= 0.3 is 0 Å². The van der Waals surface area contributed by atoms with Crippen LogP contribution >= 0.6 is 11.8 Å². The fraction of sp³-hybridized carbons (Fsp3) is 0.286. The summed E-state index contributed by atoms with van der Waals surface area (Å²) in [5, 5.41) is 3.34. The van der Waals surface area contributed by atoms with Crippen molar-refractivity contribution in [2.45, 2.75) is 23.3 Å². The molecule has 2 rings (SSSR count). The Hall–Kier alpha value is -1.82. The molecule has 0 aliphatic heterocycles. The average Bonchev–Trinajstić information content (AvgIpc) is 2.48. The molecule has 20 heavy (non-hydrogen) atoms. The van der Waals surface area contributed by atoms with Crippen LogP contribution in [0.4, 0.5) is 10.3 Å². The normalized spacial score (nSPS) is 10.3. The minimum atomic E-state index is -0.431. The fourth-order valence-electron chi connectivity index (χ4n) is 1.52. The first kappa shape index (κ1) is 14.6. The van der Waals surface area contributed by atoms with Gasteiger partial charge < -0.3 is 10.1 Å². The summed E-state index contributed by atoms with van der Waals surface area (Å²) in [5.41, 5.74) is 0. The van der Waals surface area contributed by atoms with Crippen LogP contribution in [0, 0.1) is 5.82 Å². The van der Waals surface area contributed by atoms with E-state index in [0.29, 0.717) is 11.0 Å². The van der Waals surface area contributed by atoms with E-state index in [1.807, 2.05) is 31.2 Å². The summed E-state index contributed by atoms with van der Waals surface area (Å²) >= 11 is 1.25. The molecule has 0 aliphatic rings. The lowest BCUT2D eigenvalue weighted by molar-refractivity contribution is 0.413. The van der Waals surface area contributed by atoms with E-state index in [2.05, 4.69) is 15.3 Å². The van der Waals surface area contributed by atoms with Gasteiger partial charge in [-0.1, -0.05) is 24.8 Å². The number of aromatic nitrogens is 2. The maximum atomic E-state index is 13.8. The summed E-state index contributed by atoms with van der Waals surface area (Å²) in [6, 6.07) is 7.42. The van der Waals surface area contributed by atoms with Crippen molar-refractivity contribution < 1.29 is 9.13 Å². The molecule has 0 bridgehead atoms. The number of rotatable bonds is 6. The van der Waals surface area contributed by atoms with Crippen molar-refractivity contribution >= 4 is 17.7 Å². The molecular formula is C14H16FN3OS. The molecule has 1 heterocycles. The van der Waals surface area contributed by atoms with Crippen molar-refractivity contribution in [3.63, 3.8) is 0 Å². The zero-order valence-corrected chi connectivity index (χ0v) is 12.2. The van der Waals surface area contributed by atoms with Crippen LogP contribution in [0.25, 0.3) is 0 Å². The number of hydrogen-bond donors (Lipinski definition) is 1. The zero-order chi connectivity index (χ0) is 14.4. The Morgan fingerprint density at radius 2 is 2.25 bits per heavy atom. The van der Waals surface area contributed by atoms with E-state index in [0.717, 1.165) is 23.6 Å². The number of halogens is 1. The maximum Gasteiger partial charge on any atom is 0.223 e. The zero-order valence-electron chi connectivity index (χ0n) is 11.4. The van der Waals surface area contributed by atoms with Crippen molar-refractivity contribution in [1.82, 2.24) is 9.97 Å². The maximum absolute atomic E-state index is 13.8. The van der Waals surface area contributed by atoms with E-state index in [9.17, 15) is 4.39 Å². The molecule has 0 saturated carbocycles. The van der Waals surface area contributed by atoms with Crippen molar-refractivity contribution in [2.24, 2.45) is 0 Å². The van der Waals surface area contributed by atoms with E-state index < -0.39 is 5.82 Å². The SMILES string of the molecule is CCCNc1ncc(F)c(Sc2cccc(OC)c2)n1. The third-order valence-electron chi connectivity index (χ3n) is 2.50. The van der Waals surface area contributed by atoms with Gasteiger partial charge in [-0.2, -0.15) is 0 Å². The van der Waals surface area contributed by atoms with Gasteiger partial charge in [-0.3, -0.25) is 0 Å². The molecule has 2 aromatic rings. The van der Waals surface area contributed by atoms with Crippen LogP contribution in [0.3, 0.4) is 0 Å². The molecule has 4 nitrogen and oxygen atoms in total. The van der Waals surface area contributed by atoms with Crippen molar-refractivity contribution in [1.29, 1.82) is 0 Å². The lowest BCUT2D eigenvalue weighted by atomic mass is 10.3. The van der Waals surface area contributed by atoms with Crippen LogP contribution < -0.4 is 10.1 Å². The van der Waals surface area contributed by atoms with Crippen molar-refractivity contribution in [2.75, 3.05) is 19.0 Å². The van der Waals surface area contributed by atoms with Gasteiger partial charge in [-0.25, -0.2) is 14.4 Å². The van der Waals surface area contributed by atoms with Gasteiger partial charge in [-0.15, -0.1) is 0 Å². The molecule has 0 saturated heterocycles. The molecule has 0 radical (unpaired) electrons. The summed E-state index contributed by atoms with van der Waals surface area (Å²) in [4.78, 5) is 8.97. The van der Waals surface area contributed by atoms with Gasteiger partial charge in [0.2, 0.25) is 5.95 Å². The van der Waals surface area contributed by atoms with Crippen LogP contribution in [0.5, 0.6) is 5.75 Å². The Labute approximate surface area is 121 Å². The second kappa shape index (κ2) is 7.09. The summed E-state index contributed by atoms with van der Waals surface area (Å²) in [6.07, 6.45) is 2.15. The second-order valence-corrected chi connectivity index (χ2v) is 5.12. The van der Waals surface area contributed by atoms with Crippen LogP contribution in [0.1, 0.15) is 13.3 Å². The van der Waals surface area contributed by atoms with Crippen LogP contribution in [-0.4, -0.2) is 23.6 Å². The smallest absolute Gasteiger partial charge is 0.223 e. The van der Waals surface area contributed by atoms with Gasteiger partial charge in [-0.05, 0) is 24.6 Å². The Morgan fingerprint density at radius 3 is 3.00 bits per heavy atom. The highest BCUT2D eigenvalue weighted by atomic mass is 32.2. The molecule has 106 valence electrons.